The van der Waals surface area contributed by atoms with E-state index >= 15 is 0 Å². The van der Waals surface area contributed by atoms with E-state index in [0.717, 1.165) is 11.3 Å². The van der Waals surface area contributed by atoms with Crippen LogP contribution in [0, 0.1) is 0 Å². The second-order valence-corrected chi connectivity index (χ2v) is 5.35. The van der Waals surface area contributed by atoms with Crippen molar-refractivity contribution in [3.63, 3.8) is 0 Å². The summed E-state index contributed by atoms with van der Waals surface area (Å²) < 4.78 is 15.5. The average molecular weight is 358 g/mol. The molecule has 0 heterocycles. The van der Waals surface area contributed by atoms with Crippen molar-refractivity contribution in [2.75, 3.05) is 27.9 Å². The van der Waals surface area contributed by atoms with E-state index in [1.54, 1.807) is 25.3 Å². The van der Waals surface area contributed by atoms with Crippen LogP contribution >= 0.6 is 0 Å². The van der Waals surface area contributed by atoms with E-state index < -0.39 is 5.91 Å². The third-order valence-electron chi connectivity index (χ3n) is 3.71. The predicted octanol–water partition coefficient (Wildman–Crippen LogP) is 1.76. The topological polar surface area (TPSA) is 85.9 Å². The minimum atomic E-state index is -0.416. The van der Waals surface area contributed by atoms with Crippen LogP contribution in [0.3, 0.4) is 0 Å². The molecule has 0 saturated carbocycles. The number of hydrogen-bond acceptors (Lipinski definition) is 5. The van der Waals surface area contributed by atoms with Crippen LogP contribution in [-0.2, 0) is 11.3 Å². The average Bonchev–Trinajstić information content (AvgIpc) is 2.69. The molecule has 7 nitrogen and oxygen atoms in total. The lowest BCUT2D eigenvalue weighted by molar-refractivity contribution is -0.120. The first kappa shape index (κ1) is 19.1. The molecule has 0 aromatic heterocycles. The van der Waals surface area contributed by atoms with Gasteiger partial charge in [0.2, 0.25) is 5.91 Å². The first-order chi connectivity index (χ1) is 12.6. The van der Waals surface area contributed by atoms with Crippen molar-refractivity contribution in [3.8, 4) is 17.2 Å². The Morgan fingerprint density at radius 3 is 2.23 bits per heavy atom. The van der Waals surface area contributed by atoms with Crippen LogP contribution in [0.4, 0.5) is 0 Å². The normalized spacial score (nSPS) is 9.96. The number of ether oxygens (including phenoxy) is 3. The molecule has 2 aromatic rings. The van der Waals surface area contributed by atoms with Crippen LogP contribution in [0.1, 0.15) is 15.9 Å². The fraction of sp³-hybridized carbons (Fsp3) is 0.263. The maximum absolute atomic E-state index is 12.3. The molecule has 0 bridgehead atoms. The summed E-state index contributed by atoms with van der Waals surface area (Å²) >= 11 is 0. The summed E-state index contributed by atoms with van der Waals surface area (Å²) in [6, 6.07) is 12.3. The second kappa shape index (κ2) is 9.31. The lowest BCUT2D eigenvalue weighted by atomic mass is 10.1. The van der Waals surface area contributed by atoms with Gasteiger partial charge in [-0.3, -0.25) is 9.59 Å². The van der Waals surface area contributed by atoms with E-state index in [1.807, 2.05) is 24.3 Å². The number of rotatable bonds is 8. The first-order valence-corrected chi connectivity index (χ1v) is 7.97. The van der Waals surface area contributed by atoms with Crippen molar-refractivity contribution < 1.29 is 23.8 Å². The van der Waals surface area contributed by atoms with Gasteiger partial charge in [-0.1, -0.05) is 18.2 Å². The van der Waals surface area contributed by atoms with Crippen molar-refractivity contribution in [2.45, 2.75) is 6.54 Å². The third-order valence-corrected chi connectivity index (χ3v) is 3.71. The number of carbonyl (C=O) groups is 2. The van der Waals surface area contributed by atoms with Crippen LogP contribution < -0.4 is 24.8 Å². The second-order valence-electron chi connectivity index (χ2n) is 5.35. The Labute approximate surface area is 152 Å². The molecular formula is C19H22N2O5. The predicted molar refractivity (Wildman–Crippen MR) is 96.7 cm³/mol. The summed E-state index contributed by atoms with van der Waals surface area (Å²) in [5.41, 5.74) is 1.23. The molecule has 0 aliphatic rings. The molecule has 2 rings (SSSR count). The van der Waals surface area contributed by atoms with Gasteiger partial charge in [0.15, 0.2) is 11.5 Å². The number of nitrogens with one attached hydrogen (secondary N) is 2. The van der Waals surface area contributed by atoms with Gasteiger partial charge in [-0.15, -0.1) is 0 Å². The Balaban J connectivity index is 1.87. The standard InChI is InChI=1S/C19H22N2O5/c1-24-14-9-7-13(8-10-14)11-20-17(22)12-21-19(23)15-5-4-6-16(25-2)18(15)26-3/h4-10H,11-12H2,1-3H3,(H,20,22)(H,21,23). The molecule has 0 unspecified atom stereocenters. The lowest BCUT2D eigenvalue weighted by Crippen LogP contribution is -2.36. The van der Waals surface area contributed by atoms with Crippen LogP contribution in [0.2, 0.25) is 0 Å². The number of amides is 2. The van der Waals surface area contributed by atoms with Crippen molar-refractivity contribution in [1.29, 1.82) is 0 Å². The van der Waals surface area contributed by atoms with E-state index in [0.29, 0.717) is 23.6 Å². The molecule has 0 radical (unpaired) electrons. The number of methoxy groups -OCH3 is 3. The summed E-state index contributed by atoms with van der Waals surface area (Å²) in [6.45, 7) is 0.219. The molecular weight excluding hydrogens is 336 g/mol. The van der Waals surface area contributed by atoms with Crippen LogP contribution in [0.15, 0.2) is 42.5 Å². The highest BCUT2D eigenvalue weighted by Crippen LogP contribution is 2.30. The molecule has 138 valence electrons. The zero-order valence-corrected chi connectivity index (χ0v) is 15.0. The Morgan fingerprint density at radius 1 is 0.885 bits per heavy atom. The Kier molecular flexibility index (Phi) is 6.84. The van der Waals surface area contributed by atoms with Gasteiger partial charge < -0.3 is 24.8 Å². The molecule has 0 spiro atoms. The summed E-state index contributed by atoms with van der Waals surface area (Å²) in [7, 11) is 4.54. The number of benzene rings is 2. The van der Waals surface area contributed by atoms with Gasteiger partial charge in [0.1, 0.15) is 5.75 Å². The first-order valence-electron chi connectivity index (χ1n) is 7.97. The number of hydrogen-bond donors (Lipinski definition) is 2. The fourth-order valence-electron chi connectivity index (χ4n) is 2.33. The van der Waals surface area contributed by atoms with Crippen LogP contribution in [-0.4, -0.2) is 39.7 Å². The minimum Gasteiger partial charge on any atom is -0.497 e. The van der Waals surface area contributed by atoms with Crippen molar-refractivity contribution in [3.05, 3.63) is 53.6 Å². The molecule has 0 aliphatic heterocycles. The van der Waals surface area contributed by atoms with Gasteiger partial charge in [0.05, 0.1) is 33.4 Å². The van der Waals surface area contributed by atoms with Gasteiger partial charge >= 0.3 is 0 Å². The van der Waals surface area contributed by atoms with Gasteiger partial charge in [0.25, 0.3) is 5.91 Å². The van der Waals surface area contributed by atoms with Gasteiger partial charge in [-0.2, -0.15) is 0 Å². The maximum Gasteiger partial charge on any atom is 0.255 e. The maximum atomic E-state index is 12.3. The highest BCUT2D eigenvalue weighted by atomic mass is 16.5. The van der Waals surface area contributed by atoms with E-state index in [1.165, 1.54) is 14.2 Å². The highest BCUT2D eigenvalue weighted by molar-refractivity contribution is 5.99. The summed E-state index contributed by atoms with van der Waals surface area (Å²) in [6.07, 6.45) is 0. The van der Waals surface area contributed by atoms with Crippen molar-refractivity contribution in [1.82, 2.24) is 10.6 Å². The zero-order valence-electron chi connectivity index (χ0n) is 15.0. The molecule has 2 aromatic carbocycles. The van der Waals surface area contributed by atoms with E-state index in [4.69, 9.17) is 14.2 Å². The van der Waals surface area contributed by atoms with Crippen LogP contribution in [0.25, 0.3) is 0 Å². The monoisotopic (exact) mass is 358 g/mol. The Morgan fingerprint density at radius 2 is 1.62 bits per heavy atom. The molecule has 7 heteroatoms. The molecule has 0 fully saturated rings. The summed E-state index contributed by atoms with van der Waals surface area (Å²) in [4.78, 5) is 24.2. The molecule has 0 saturated heterocycles. The van der Waals surface area contributed by atoms with Crippen LogP contribution in [0.5, 0.6) is 17.2 Å². The highest BCUT2D eigenvalue weighted by Gasteiger charge is 2.16. The Bertz CT molecular complexity index is 759. The number of para-hydroxylation sites is 1. The van der Waals surface area contributed by atoms with E-state index in [-0.39, 0.29) is 12.5 Å². The lowest BCUT2D eigenvalue weighted by Gasteiger charge is -2.12. The van der Waals surface area contributed by atoms with E-state index in [9.17, 15) is 9.59 Å². The van der Waals surface area contributed by atoms with Crippen molar-refractivity contribution >= 4 is 11.8 Å². The molecule has 26 heavy (non-hydrogen) atoms. The Hall–Kier alpha value is -3.22. The smallest absolute Gasteiger partial charge is 0.255 e. The van der Waals surface area contributed by atoms with Crippen molar-refractivity contribution in [2.24, 2.45) is 0 Å². The SMILES string of the molecule is COc1ccc(CNC(=O)CNC(=O)c2cccc(OC)c2OC)cc1. The third kappa shape index (κ3) is 4.89. The fourth-order valence-corrected chi connectivity index (χ4v) is 2.33. The summed E-state index contributed by atoms with van der Waals surface area (Å²) in [5, 5.41) is 5.32. The van der Waals surface area contributed by atoms with Gasteiger partial charge in [-0.25, -0.2) is 0 Å². The molecule has 2 N–H and O–H groups in total. The molecule has 0 aliphatic carbocycles. The largest absolute Gasteiger partial charge is 0.497 e. The van der Waals surface area contributed by atoms with Gasteiger partial charge in [0, 0.05) is 6.54 Å². The molecule has 0 atom stereocenters. The number of carbonyl (C=O) groups excluding carboxylic acids is 2. The van der Waals surface area contributed by atoms with Gasteiger partial charge in [-0.05, 0) is 29.8 Å². The van der Waals surface area contributed by atoms with E-state index in [2.05, 4.69) is 10.6 Å². The minimum absolute atomic E-state index is 0.143. The molecule has 2 amide bonds. The quantitative estimate of drug-likeness (QED) is 0.751. The zero-order chi connectivity index (χ0) is 18.9. The summed E-state index contributed by atoms with van der Waals surface area (Å²) in [5.74, 6) is 0.811.